The van der Waals surface area contributed by atoms with Crippen LogP contribution >= 0.6 is 0 Å². The lowest BCUT2D eigenvalue weighted by Crippen LogP contribution is -2.41. The Balaban J connectivity index is 1.48. The Morgan fingerprint density at radius 3 is 2.79 bits per heavy atom. The van der Waals surface area contributed by atoms with Crippen LogP contribution in [0.4, 0.5) is 10.5 Å². The van der Waals surface area contributed by atoms with Gasteiger partial charge in [0.15, 0.2) is 0 Å². The first kappa shape index (κ1) is 18.7. The maximum absolute atomic E-state index is 12.6. The van der Waals surface area contributed by atoms with Gasteiger partial charge in [0, 0.05) is 44.9 Å². The van der Waals surface area contributed by atoms with E-state index in [1.165, 1.54) is 0 Å². The van der Waals surface area contributed by atoms with E-state index >= 15 is 0 Å². The van der Waals surface area contributed by atoms with Crippen LogP contribution in [0.1, 0.15) is 24.0 Å². The molecular formula is C19H21N7O3. The number of carbonyl (C=O) groups is 2. The Morgan fingerprint density at radius 1 is 1.28 bits per heavy atom. The monoisotopic (exact) mass is 395 g/mol. The number of aryl methyl sites for hydroxylation is 2. The second kappa shape index (κ2) is 7.38. The quantitative estimate of drug-likeness (QED) is 0.696. The Labute approximate surface area is 166 Å². The molecule has 2 aromatic heterocycles. The average Bonchev–Trinajstić information content (AvgIpc) is 3.36. The van der Waals surface area contributed by atoms with E-state index in [1.54, 1.807) is 47.9 Å². The van der Waals surface area contributed by atoms with Gasteiger partial charge in [0.2, 0.25) is 17.6 Å². The molecule has 29 heavy (non-hydrogen) atoms. The number of amides is 3. The first-order valence-corrected chi connectivity index (χ1v) is 9.14. The third-order valence-electron chi connectivity index (χ3n) is 4.97. The summed E-state index contributed by atoms with van der Waals surface area (Å²) in [6, 6.07) is 7.95. The van der Waals surface area contributed by atoms with Crippen molar-refractivity contribution in [3.05, 3.63) is 48.1 Å². The first-order valence-electron chi connectivity index (χ1n) is 9.14. The number of carbonyl (C=O) groups excluding carboxylic acids is 2. The number of urea groups is 1. The lowest BCUT2D eigenvalue weighted by molar-refractivity contribution is -0.127. The van der Waals surface area contributed by atoms with Crippen molar-refractivity contribution >= 4 is 17.6 Å². The second-order valence-electron chi connectivity index (χ2n) is 6.96. The molecule has 0 unspecified atom stereocenters. The van der Waals surface area contributed by atoms with E-state index < -0.39 is 6.03 Å². The minimum absolute atomic E-state index is 0.0315. The average molecular weight is 395 g/mol. The molecule has 2 N–H and O–H groups in total. The molecule has 0 aliphatic carbocycles. The normalized spacial score (nSPS) is 18.9. The highest BCUT2D eigenvalue weighted by Gasteiger charge is 2.40. The molecule has 0 radical (unpaired) electrons. The topological polar surface area (TPSA) is 118 Å². The Hall–Kier alpha value is -3.69. The fraction of sp³-hybridized carbons (Fsp3) is 0.316. The van der Waals surface area contributed by atoms with Gasteiger partial charge in [-0.2, -0.15) is 10.1 Å². The number of nitrogens with one attached hydrogen (secondary N) is 2. The van der Waals surface area contributed by atoms with E-state index in [-0.39, 0.29) is 24.4 Å². The smallest absolute Gasteiger partial charge is 0.319 e. The number of hydrogen-bond acceptors (Lipinski definition) is 6. The minimum Gasteiger partial charge on any atom is -0.339 e. The zero-order chi connectivity index (χ0) is 20.5. The van der Waals surface area contributed by atoms with Gasteiger partial charge < -0.3 is 20.1 Å². The number of rotatable bonds is 4. The van der Waals surface area contributed by atoms with Gasteiger partial charge >= 0.3 is 6.03 Å². The number of likely N-dealkylation sites (tertiary alicyclic amines) is 1. The molecule has 1 aliphatic rings. The standard InChI is InChI=1S/C19H21N7O3/c1-11-21-18(24-29-11)12-5-4-6-13(9-12)22-19(28)23-14-10-16(27)25(2)17(14)15-7-8-20-26(15)3/h4-9,14,17H,10H2,1-3H3,(H2,22,23,28)/t14-,17-/m1/s1. The van der Waals surface area contributed by atoms with Crippen molar-refractivity contribution in [1.82, 2.24) is 30.1 Å². The Bertz CT molecular complexity index is 1060. The van der Waals surface area contributed by atoms with Gasteiger partial charge in [-0.3, -0.25) is 9.48 Å². The SMILES string of the molecule is Cc1nc(-c2cccc(NC(=O)N[C@@H]3CC(=O)N(C)[C@H]3c3ccnn3C)c2)no1. The molecule has 1 fully saturated rings. The van der Waals surface area contributed by atoms with Crippen molar-refractivity contribution in [2.24, 2.45) is 7.05 Å². The lowest BCUT2D eigenvalue weighted by Gasteiger charge is -2.25. The summed E-state index contributed by atoms with van der Waals surface area (Å²) >= 11 is 0. The van der Waals surface area contributed by atoms with Crippen molar-refractivity contribution in [3.8, 4) is 11.4 Å². The zero-order valence-corrected chi connectivity index (χ0v) is 16.3. The van der Waals surface area contributed by atoms with E-state index in [4.69, 9.17) is 4.52 Å². The van der Waals surface area contributed by atoms with E-state index in [0.717, 1.165) is 11.3 Å². The molecule has 0 saturated carbocycles. The van der Waals surface area contributed by atoms with Crippen LogP contribution in [0.25, 0.3) is 11.4 Å². The van der Waals surface area contributed by atoms with Crippen molar-refractivity contribution < 1.29 is 14.1 Å². The van der Waals surface area contributed by atoms with Crippen LogP contribution in [-0.4, -0.2) is 49.8 Å². The molecule has 1 aliphatic heterocycles. The third-order valence-corrected chi connectivity index (χ3v) is 4.97. The summed E-state index contributed by atoms with van der Waals surface area (Å²) in [7, 11) is 3.55. The van der Waals surface area contributed by atoms with Crippen LogP contribution in [0.3, 0.4) is 0 Å². The van der Waals surface area contributed by atoms with Crippen LogP contribution in [0.2, 0.25) is 0 Å². The first-order chi connectivity index (χ1) is 13.9. The predicted molar refractivity (Wildman–Crippen MR) is 104 cm³/mol. The molecule has 0 spiro atoms. The summed E-state index contributed by atoms with van der Waals surface area (Å²) in [5.41, 5.74) is 2.17. The molecule has 3 heterocycles. The number of anilines is 1. The summed E-state index contributed by atoms with van der Waals surface area (Å²) in [5, 5.41) is 13.8. The third kappa shape index (κ3) is 3.68. The van der Waals surface area contributed by atoms with Gasteiger partial charge in [-0.15, -0.1) is 0 Å². The van der Waals surface area contributed by atoms with Gasteiger partial charge in [0.1, 0.15) is 0 Å². The maximum Gasteiger partial charge on any atom is 0.319 e. The van der Waals surface area contributed by atoms with Crippen molar-refractivity contribution in [1.29, 1.82) is 0 Å². The molecule has 10 nitrogen and oxygen atoms in total. The molecule has 3 aromatic rings. The maximum atomic E-state index is 12.6. The van der Waals surface area contributed by atoms with E-state index in [2.05, 4.69) is 25.9 Å². The van der Waals surface area contributed by atoms with Crippen molar-refractivity contribution in [2.45, 2.75) is 25.4 Å². The highest BCUT2D eigenvalue weighted by Crippen LogP contribution is 2.31. The van der Waals surface area contributed by atoms with Crippen LogP contribution in [0.5, 0.6) is 0 Å². The highest BCUT2D eigenvalue weighted by atomic mass is 16.5. The minimum atomic E-state index is -0.397. The number of aromatic nitrogens is 4. The van der Waals surface area contributed by atoms with Gasteiger partial charge in [-0.25, -0.2) is 4.79 Å². The van der Waals surface area contributed by atoms with Crippen LogP contribution in [0.15, 0.2) is 41.1 Å². The molecular weight excluding hydrogens is 374 g/mol. The fourth-order valence-corrected chi connectivity index (χ4v) is 3.57. The van der Waals surface area contributed by atoms with Crippen LogP contribution in [-0.2, 0) is 11.8 Å². The molecule has 4 rings (SSSR count). The molecule has 150 valence electrons. The number of benzene rings is 1. The summed E-state index contributed by atoms with van der Waals surface area (Å²) in [4.78, 5) is 30.7. The molecule has 3 amide bonds. The molecule has 1 saturated heterocycles. The van der Waals surface area contributed by atoms with Gasteiger partial charge in [-0.05, 0) is 18.2 Å². The molecule has 1 aromatic carbocycles. The van der Waals surface area contributed by atoms with Gasteiger partial charge in [-0.1, -0.05) is 17.3 Å². The van der Waals surface area contributed by atoms with E-state index in [0.29, 0.717) is 17.4 Å². The number of likely N-dealkylation sites (N-methyl/N-ethyl adjacent to an activating group) is 1. The van der Waals surface area contributed by atoms with E-state index in [1.807, 2.05) is 19.2 Å². The van der Waals surface area contributed by atoms with Crippen LogP contribution in [0, 0.1) is 6.92 Å². The highest BCUT2D eigenvalue weighted by molar-refractivity contribution is 5.91. The Kier molecular flexibility index (Phi) is 4.75. The van der Waals surface area contributed by atoms with Gasteiger partial charge in [0.05, 0.1) is 17.8 Å². The van der Waals surface area contributed by atoms with Crippen LogP contribution < -0.4 is 10.6 Å². The molecule has 0 bridgehead atoms. The summed E-state index contributed by atoms with van der Waals surface area (Å²) in [6.07, 6.45) is 1.90. The Morgan fingerprint density at radius 2 is 2.10 bits per heavy atom. The second-order valence-corrected chi connectivity index (χ2v) is 6.96. The molecule has 10 heteroatoms. The predicted octanol–water partition coefficient (Wildman–Crippen LogP) is 1.87. The lowest BCUT2D eigenvalue weighted by atomic mass is 10.1. The van der Waals surface area contributed by atoms with Crippen molar-refractivity contribution in [3.63, 3.8) is 0 Å². The van der Waals surface area contributed by atoms with Gasteiger partial charge in [0.25, 0.3) is 0 Å². The number of hydrogen-bond donors (Lipinski definition) is 2. The zero-order valence-electron chi connectivity index (χ0n) is 16.3. The summed E-state index contributed by atoms with van der Waals surface area (Å²) in [5.74, 6) is 0.883. The summed E-state index contributed by atoms with van der Waals surface area (Å²) < 4.78 is 6.71. The van der Waals surface area contributed by atoms with E-state index in [9.17, 15) is 9.59 Å². The fourth-order valence-electron chi connectivity index (χ4n) is 3.57. The number of nitrogens with zero attached hydrogens (tertiary/aromatic N) is 5. The summed E-state index contributed by atoms with van der Waals surface area (Å²) in [6.45, 7) is 1.71. The molecule has 2 atom stereocenters. The van der Waals surface area contributed by atoms with Crippen molar-refractivity contribution in [2.75, 3.05) is 12.4 Å². The largest absolute Gasteiger partial charge is 0.339 e.